The van der Waals surface area contributed by atoms with Gasteiger partial charge in [0.1, 0.15) is 0 Å². The molecule has 0 aromatic carbocycles. The molecule has 1 aliphatic heterocycles. The predicted octanol–water partition coefficient (Wildman–Crippen LogP) is 1.64. The van der Waals surface area contributed by atoms with Gasteiger partial charge in [-0.25, -0.2) is 9.59 Å². The van der Waals surface area contributed by atoms with E-state index in [1.54, 1.807) is 6.92 Å². The number of carbonyl (C=O) groups excluding carboxylic acids is 1. The molecule has 5 heteroatoms. The summed E-state index contributed by atoms with van der Waals surface area (Å²) in [6.07, 6.45) is 1.79. The molecule has 0 radical (unpaired) electrons. The molecule has 1 amide bonds. The van der Waals surface area contributed by atoms with Crippen molar-refractivity contribution in [1.29, 1.82) is 0 Å². The average molecular weight is 227 g/mol. The number of esters is 1. The van der Waals surface area contributed by atoms with Crippen molar-refractivity contribution in [3.05, 3.63) is 11.6 Å². The molecule has 1 saturated heterocycles. The Morgan fingerprint density at radius 2 is 2.31 bits per heavy atom. The topological polar surface area (TPSA) is 66.8 Å². The summed E-state index contributed by atoms with van der Waals surface area (Å²) in [7, 11) is 0. The highest BCUT2D eigenvalue weighted by atomic mass is 16.5. The van der Waals surface area contributed by atoms with Crippen molar-refractivity contribution in [3.63, 3.8) is 0 Å². The lowest BCUT2D eigenvalue weighted by molar-refractivity contribution is -0.137. The monoisotopic (exact) mass is 227 g/mol. The molecule has 0 aliphatic carbocycles. The number of carbonyl (C=O) groups is 2. The van der Waals surface area contributed by atoms with Crippen LogP contribution in [0.25, 0.3) is 0 Å². The van der Waals surface area contributed by atoms with Crippen LogP contribution in [-0.2, 0) is 9.53 Å². The van der Waals surface area contributed by atoms with Crippen LogP contribution < -0.4 is 0 Å². The van der Waals surface area contributed by atoms with Crippen LogP contribution in [0.1, 0.15) is 26.7 Å². The second kappa shape index (κ2) is 5.53. The third-order valence-corrected chi connectivity index (χ3v) is 2.62. The third kappa shape index (κ3) is 3.25. The second-order valence-corrected chi connectivity index (χ2v) is 3.83. The van der Waals surface area contributed by atoms with Crippen LogP contribution in [0.3, 0.4) is 0 Å². The summed E-state index contributed by atoms with van der Waals surface area (Å²) in [5.74, 6) is -0.339. The minimum atomic E-state index is -0.900. The molecule has 0 aromatic heterocycles. The van der Waals surface area contributed by atoms with Crippen molar-refractivity contribution < 1.29 is 19.4 Å². The quantitative estimate of drug-likeness (QED) is 0.575. The first kappa shape index (κ1) is 12.5. The maximum atomic E-state index is 11.2. The largest absolute Gasteiger partial charge is 0.465 e. The number of rotatable bonds is 2. The van der Waals surface area contributed by atoms with E-state index in [-0.39, 0.29) is 12.0 Å². The summed E-state index contributed by atoms with van der Waals surface area (Å²) in [5, 5.41) is 8.88. The minimum absolute atomic E-state index is 0.0769. The summed E-state index contributed by atoms with van der Waals surface area (Å²) in [4.78, 5) is 23.4. The van der Waals surface area contributed by atoms with Gasteiger partial charge in [-0.1, -0.05) is 5.57 Å². The van der Waals surface area contributed by atoms with Crippen molar-refractivity contribution in [1.82, 2.24) is 4.90 Å². The van der Waals surface area contributed by atoms with Crippen molar-refractivity contribution >= 4 is 12.1 Å². The molecule has 16 heavy (non-hydrogen) atoms. The molecule has 0 spiro atoms. The lowest BCUT2D eigenvalue weighted by Gasteiger charge is -2.32. The fraction of sp³-hybridized carbons (Fsp3) is 0.636. The smallest absolute Gasteiger partial charge is 0.407 e. The number of likely N-dealkylation sites (tertiary alicyclic amines) is 1. The molecule has 90 valence electrons. The van der Waals surface area contributed by atoms with E-state index in [0.29, 0.717) is 26.0 Å². The van der Waals surface area contributed by atoms with Gasteiger partial charge in [0.25, 0.3) is 0 Å². The maximum absolute atomic E-state index is 11.2. The Kier molecular flexibility index (Phi) is 4.34. The van der Waals surface area contributed by atoms with Crippen LogP contribution in [0.15, 0.2) is 11.6 Å². The number of carboxylic acid groups (broad SMARTS) is 1. The van der Waals surface area contributed by atoms with Gasteiger partial charge in [0.15, 0.2) is 0 Å². The van der Waals surface area contributed by atoms with Crippen LogP contribution >= 0.6 is 0 Å². The molecule has 1 fully saturated rings. The molecular formula is C11H17NO4. The Morgan fingerprint density at radius 3 is 2.81 bits per heavy atom. The van der Waals surface area contributed by atoms with E-state index in [4.69, 9.17) is 9.84 Å². The third-order valence-electron chi connectivity index (χ3n) is 2.62. The first-order valence-corrected chi connectivity index (χ1v) is 5.40. The maximum Gasteiger partial charge on any atom is 0.407 e. The zero-order valence-electron chi connectivity index (χ0n) is 9.60. The van der Waals surface area contributed by atoms with Gasteiger partial charge in [-0.15, -0.1) is 0 Å². The van der Waals surface area contributed by atoms with Crippen LogP contribution in [0.5, 0.6) is 0 Å². The number of hydrogen-bond acceptors (Lipinski definition) is 3. The number of hydrogen-bond donors (Lipinski definition) is 1. The SMILES string of the molecule is CCOC(=O)C=C1CCN(C(=O)O)[C@@H](C)C1. The number of piperidine rings is 1. The molecule has 5 nitrogen and oxygen atoms in total. The molecule has 1 heterocycles. The van der Waals surface area contributed by atoms with E-state index in [9.17, 15) is 9.59 Å². The Hall–Kier alpha value is -1.52. The van der Waals surface area contributed by atoms with Crippen molar-refractivity contribution in [2.45, 2.75) is 32.7 Å². The second-order valence-electron chi connectivity index (χ2n) is 3.83. The molecule has 1 N–H and O–H groups in total. The van der Waals surface area contributed by atoms with E-state index in [2.05, 4.69) is 0 Å². The van der Waals surface area contributed by atoms with Gasteiger partial charge in [-0.3, -0.25) is 0 Å². The van der Waals surface area contributed by atoms with Crippen molar-refractivity contribution in [2.75, 3.05) is 13.2 Å². The molecular weight excluding hydrogens is 210 g/mol. The van der Waals surface area contributed by atoms with E-state index < -0.39 is 6.09 Å². The van der Waals surface area contributed by atoms with Crippen LogP contribution in [0, 0.1) is 0 Å². The average Bonchev–Trinajstić information content (AvgIpc) is 2.17. The lowest BCUT2D eigenvalue weighted by Crippen LogP contribution is -2.41. The molecule has 0 bridgehead atoms. The van der Waals surface area contributed by atoms with E-state index >= 15 is 0 Å². The van der Waals surface area contributed by atoms with Crippen molar-refractivity contribution in [3.8, 4) is 0 Å². The lowest BCUT2D eigenvalue weighted by atomic mass is 9.98. The fourth-order valence-electron chi connectivity index (χ4n) is 1.84. The molecule has 1 atom stereocenters. The Bertz CT molecular complexity index is 311. The van der Waals surface area contributed by atoms with E-state index in [1.807, 2.05) is 6.92 Å². The van der Waals surface area contributed by atoms with Crippen molar-refractivity contribution in [2.24, 2.45) is 0 Å². The molecule has 1 aliphatic rings. The van der Waals surface area contributed by atoms with Gasteiger partial charge in [0.05, 0.1) is 6.61 Å². The molecule has 0 saturated carbocycles. The summed E-state index contributed by atoms with van der Waals surface area (Å²) in [6.45, 7) is 4.40. The number of amides is 1. The van der Waals surface area contributed by atoms with Gasteiger partial charge < -0.3 is 14.7 Å². The van der Waals surface area contributed by atoms with Gasteiger partial charge >= 0.3 is 12.1 Å². The minimum Gasteiger partial charge on any atom is -0.465 e. The zero-order chi connectivity index (χ0) is 12.1. The number of ether oxygens (including phenoxy) is 1. The van der Waals surface area contributed by atoms with Crippen LogP contribution in [0.2, 0.25) is 0 Å². The van der Waals surface area contributed by atoms with Gasteiger partial charge in [0.2, 0.25) is 0 Å². The zero-order valence-corrected chi connectivity index (χ0v) is 9.60. The summed E-state index contributed by atoms with van der Waals surface area (Å²) in [6, 6.07) is -0.0769. The predicted molar refractivity (Wildman–Crippen MR) is 58.1 cm³/mol. The highest BCUT2D eigenvalue weighted by Crippen LogP contribution is 2.21. The molecule has 1 rings (SSSR count). The van der Waals surface area contributed by atoms with Crippen LogP contribution in [0.4, 0.5) is 4.79 Å². The number of nitrogens with zero attached hydrogens (tertiary/aromatic N) is 1. The van der Waals surface area contributed by atoms with E-state index in [1.165, 1.54) is 11.0 Å². The highest BCUT2D eigenvalue weighted by Gasteiger charge is 2.25. The molecule has 0 unspecified atom stereocenters. The standard InChI is InChI=1S/C11H17NO4/c1-3-16-10(13)7-9-4-5-12(11(14)15)8(2)6-9/h7-8H,3-6H2,1-2H3,(H,14,15)/t8-/m0/s1. The Morgan fingerprint density at radius 1 is 1.62 bits per heavy atom. The van der Waals surface area contributed by atoms with Gasteiger partial charge in [-0.2, -0.15) is 0 Å². The van der Waals surface area contributed by atoms with Gasteiger partial charge in [0, 0.05) is 18.7 Å². The first-order chi connectivity index (χ1) is 7.54. The van der Waals surface area contributed by atoms with Crippen LogP contribution in [-0.4, -0.2) is 41.3 Å². The normalized spacial score (nSPS) is 23.2. The Balaban J connectivity index is 2.57. The summed E-state index contributed by atoms with van der Waals surface area (Å²) < 4.78 is 4.81. The summed E-state index contributed by atoms with van der Waals surface area (Å²) >= 11 is 0. The fourth-order valence-corrected chi connectivity index (χ4v) is 1.84. The van der Waals surface area contributed by atoms with E-state index in [0.717, 1.165) is 5.57 Å². The van der Waals surface area contributed by atoms with Gasteiger partial charge in [-0.05, 0) is 26.7 Å². The molecule has 0 aromatic rings. The highest BCUT2D eigenvalue weighted by molar-refractivity contribution is 5.82. The first-order valence-electron chi connectivity index (χ1n) is 5.40. The Labute approximate surface area is 94.7 Å². The summed E-state index contributed by atoms with van der Waals surface area (Å²) in [5.41, 5.74) is 0.962.